The van der Waals surface area contributed by atoms with E-state index >= 15 is 0 Å². The predicted molar refractivity (Wildman–Crippen MR) is 80.9 cm³/mol. The number of aromatic nitrogens is 4. The molecular weight excluding hydrogens is 268 g/mol. The summed E-state index contributed by atoms with van der Waals surface area (Å²) in [6, 6.07) is -0.0796. The molecule has 0 fully saturated rings. The lowest BCUT2D eigenvalue weighted by molar-refractivity contribution is 0.391. The molecule has 1 atom stereocenters. The number of aryl methyl sites for hydroxylation is 3. The summed E-state index contributed by atoms with van der Waals surface area (Å²) in [7, 11) is 3.60. The maximum Gasteiger partial charge on any atom is 0.161 e. The zero-order chi connectivity index (χ0) is 15.6. The third-order valence-electron chi connectivity index (χ3n) is 3.96. The third-order valence-corrected chi connectivity index (χ3v) is 3.96. The molecule has 0 saturated heterocycles. The van der Waals surface area contributed by atoms with Crippen molar-refractivity contribution in [1.29, 1.82) is 0 Å². The molecule has 0 saturated carbocycles. The fourth-order valence-corrected chi connectivity index (χ4v) is 2.69. The van der Waals surface area contributed by atoms with Gasteiger partial charge in [-0.25, -0.2) is 0 Å². The molecule has 2 aromatic rings. The highest BCUT2D eigenvalue weighted by molar-refractivity contribution is 5.32. The Morgan fingerprint density at radius 3 is 2.62 bits per heavy atom. The molecule has 0 aliphatic heterocycles. The van der Waals surface area contributed by atoms with E-state index in [2.05, 4.69) is 22.5 Å². The first-order valence-electron chi connectivity index (χ1n) is 7.08. The number of hydrogen-bond donors (Lipinski definition) is 2. The van der Waals surface area contributed by atoms with Gasteiger partial charge in [-0.15, -0.1) is 0 Å². The summed E-state index contributed by atoms with van der Waals surface area (Å²) in [6.45, 7) is 6.90. The molecule has 21 heavy (non-hydrogen) atoms. The summed E-state index contributed by atoms with van der Waals surface area (Å²) in [5, 5.41) is 8.80. The summed E-state index contributed by atoms with van der Waals surface area (Å²) in [5.41, 5.74) is 7.22. The van der Waals surface area contributed by atoms with Gasteiger partial charge in [-0.3, -0.25) is 20.6 Å². The van der Waals surface area contributed by atoms with E-state index in [-0.39, 0.29) is 6.04 Å². The van der Waals surface area contributed by atoms with Crippen LogP contribution in [0.3, 0.4) is 0 Å². The van der Waals surface area contributed by atoms with Gasteiger partial charge < -0.3 is 4.74 Å². The van der Waals surface area contributed by atoms with Gasteiger partial charge in [0.05, 0.1) is 30.7 Å². The van der Waals surface area contributed by atoms with Gasteiger partial charge in [0.25, 0.3) is 0 Å². The van der Waals surface area contributed by atoms with Crippen LogP contribution in [0.4, 0.5) is 0 Å². The number of hydrogen-bond acceptors (Lipinski definition) is 5. The van der Waals surface area contributed by atoms with Crippen molar-refractivity contribution in [3.05, 3.63) is 28.8 Å². The van der Waals surface area contributed by atoms with Crippen LogP contribution in [-0.4, -0.2) is 26.7 Å². The van der Waals surface area contributed by atoms with E-state index in [1.165, 1.54) is 5.56 Å². The van der Waals surface area contributed by atoms with Crippen molar-refractivity contribution in [3.63, 3.8) is 0 Å². The standard InChI is InChI=1S/C14H24N6O/c1-6-20-14(13(21-5)8-16-20)12(17-15)7-11-9(2)18-19(4)10(11)3/h8,12,17H,6-7,15H2,1-5H3. The number of methoxy groups -OCH3 is 1. The molecule has 7 heteroatoms. The summed E-state index contributed by atoms with van der Waals surface area (Å²) in [6.07, 6.45) is 2.47. The molecule has 0 bridgehead atoms. The summed E-state index contributed by atoms with van der Waals surface area (Å²) in [4.78, 5) is 0. The minimum atomic E-state index is -0.0796. The largest absolute Gasteiger partial charge is 0.493 e. The molecule has 3 N–H and O–H groups in total. The zero-order valence-electron chi connectivity index (χ0n) is 13.3. The van der Waals surface area contributed by atoms with Gasteiger partial charge in [0.2, 0.25) is 0 Å². The average molecular weight is 292 g/mol. The normalized spacial score (nSPS) is 12.7. The molecule has 2 rings (SSSR count). The number of nitrogens with one attached hydrogen (secondary N) is 1. The fourth-order valence-electron chi connectivity index (χ4n) is 2.69. The highest BCUT2D eigenvalue weighted by Crippen LogP contribution is 2.28. The van der Waals surface area contributed by atoms with Gasteiger partial charge in [0.1, 0.15) is 0 Å². The van der Waals surface area contributed by atoms with Gasteiger partial charge in [0, 0.05) is 19.3 Å². The van der Waals surface area contributed by atoms with E-state index in [4.69, 9.17) is 10.6 Å². The molecular formula is C14H24N6O. The van der Waals surface area contributed by atoms with Crippen LogP contribution < -0.4 is 16.0 Å². The summed E-state index contributed by atoms with van der Waals surface area (Å²) < 4.78 is 9.22. The van der Waals surface area contributed by atoms with Crippen molar-refractivity contribution >= 4 is 0 Å². The zero-order valence-corrected chi connectivity index (χ0v) is 13.3. The number of nitrogens with two attached hydrogens (primary N) is 1. The van der Waals surface area contributed by atoms with Crippen molar-refractivity contribution in [3.8, 4) is 5.75 Å². The Morgan fingerprint density at radius 1 is 1.43 bits per heavy atom. The van der Waals surface area contributed by atoms with Crippen LogP contribution in [0.1, 0.15) is 35.6 Å². The maximum absolute atomic E-state index is 5.79. The quantitative estimate of drug-likeness (QED) is 0.613. The van der Waals surface area contributed by atoms with Crippen molar-refractivity contribution in [2.24, 2.45) is 12.9 Å². The van der Waals surface area contributed by atoms with Crippen LogP contribution in [0.15, 0.2) is 6.20 Å². The average Bonchev–Trinajstić information content (AvgIpc) is 2.99. The molecule has 7 nitrogen and oxygen atoms in total. The van der Waals surface area contributed by atoms with E-state index < -0.39 is 0 Å². The number of nitrogens with zero attached hydrogens (tertiary/aromatic N) is 4. The van der Waals surface area contributed by atoms with Crippen LogP contribution in [0, 0.1) is 13.8 Å². The maximum atomic E-state index is 5.79. The van der Waals surface area contributed by atoms with Gasteiger partial charge >= 0.3 is 0 Å². The smallest absolute Gasteiger partial charge is 0.161 e. The van der Waals surface area contributed by atoms with Crippen molar-refractivity contribution < 1.29 is 4.74 Å². The molecule has 0 aliphatic carbocycles. The topological polar surface area (TPSA) is 82.9 Å². The summed E-state index contributed by atoms with van der Waals surface area (Å²) >= 11 is 0. The van der Waals surface area contributed by atoms with Crippen LogP contribution in [-0.2, 0) is 20.0 Å². The Kier molecular flexibility index (Phi) is 4.64. The van der Waals surface area contributed by atoms with E-state index in [1.807, 2.05) is 30.3 Å². The van der Waals surface area contributed by atoms with Crippen molar-refractivity contribution in [2.45, 2.75) is 39.8 Å². The number of ether oxygens (including phenoxy) is 1. The SMILES string of the molecule is CCn1ncc(OC)c1C(Cc1c(C)nn(C)c1C)NN. The highest BCUT2D eigenvalue weighted by Gasteiger charge is 2.23. The first kappa shape index (κ1) is 15.5. The van der Waals surface area contributed by atoms with Crippen LogP contribution in [0.5, 0.6) is 5.75 Å². The molecule has 0 spiro atoms. The summed E-state index contributed by atoms with van der Waals surface area (Å²) in [5.74, 6) is 6.54. The molecule has 0 amide bonds. The van der Waals surface area contributed by atoms with E-state index in [9.17, 15) is 0 Å². The second kappa shape index (κ2) is 6.28. The van der Waals surface area contributed by atoms with Gasteiger partial charge in [-0.05, 0) is 32.8 Å². The Labute approximate surface area is 125 Å². The lowest BCUT2D eigenvalue weighted by atomic mass is 10.0. The van der Waals surface area contributed by atoms with E-state index in [0.29, 0.717) is 0 Å². The van der Waals surface area contributed by atoms with Crippen molar-refractivity contribution in [2.75, 3.05) is 7.11 Å². The predicted octanol–water partition coefficient (Wildman–Crippen LogP) is 1.01. The third kappa shape index (κ3) is 2.79. The first-order chi connectivity index (χ1) is 10.0. The molecule has 116 valence electrons. The van der Waals surface area contributed by atoms with Crippen LogP contribution in [0.25, 0.3) is 0 Å². The molecule has 0 radical (unpaired) electrons. The van der Waals surface area contributed by atoms with Crippen LogP contribution in [0.2, 0.25) is 0 Å². The first-order valence-corrected chi connectivity index (χ1v) is 7.08. The second-order valence-corrected chi connectivity index (χ2v) is 5.11. The van der Waals surface area contributed by atoms with Gasteiger partial charge in [-0.1, -0.05) is 0 Å². The van der Waals surface area contributed by atoms with Crippen molar-refractivity contribution in [1.82, 2.24) is 25.0 Å². The lowest BCUT2D eigenvalue weighted by Crippen LogP contribution is -2.32. The monoisotopic (exact) mass is 292 g/mol. The second-order valence-electron chi connectivity index (χ2n) is 5.11. The number of hydrazine groups is 1. The van der Waals surface area contributed by atoms with E-state index in [0.717, 1.165) is 35.8 Å². The molecule has 0 aliphatic rings. The molecule has 1 unspecified atom stereocenters. The molecule has 0 aromatic carbocycles. The minimum absolute atomic E-state index is 0.0796. The number of rotatable bonds is 6. The minimum Gasteiger partial charge on any atom is -0.493 e. The molecule has 2 aromatic heterocycles. The fraction of sp³-hybridized carbons (Fsp3) is 0.571. The van der Waals surface area contributed by atoms with E-state index in [1.54, 1.807) is 13.3 Å². The van der Waals surface area contributed by atoms with Crippen LogP contribution >= 0.6 is 0 Å². The highest BCUT2D eigenvalue weighted by atomic mass is 16.5. The Balaban J connectivity index is 2.38. The Hall–Kier alpha value is -1.86. The Bertz CT molecular complexity index is 594. The van der Waals surface area contributed by atoms with Gasteiger partial charge in [0.15, 0.2) is 5.75 Å². The Morgan fingerprint density at radius 2 is 2.14 bits per heavy atom. The lowest BCUT2D eigenvalue weighted by Gasteiger charge is -2.19. The van der Waals surface area contributed by atoms with Gasteiger partial charge in [-0.2, -0.15) is 10.2 Å². The molecule has 2 heterocycles.